The van der Waals surface area contributed by atoms with Crippen molar-refractivity contribution in [3.8, 4) is 5.88 Å². The molecule has 1 aromatic heterocycles. The number of benzene rings is 1. The molecule has 2 rings (SSSR count). The molecular formula is C14H18N2O. The molecule has 0 fully saturated rings. The zero-order valence-electron chi connectivity index (χ0n) is 10.3. The highest BCUT2D eigenvalue weighted by Gasteiger charge is 2.07. The van der Waals surface area contributed by atoms with Crippen LogP contribution >= 0.6 is 0 Å². The standard InChI is InChI=1S/C14H18N2O/c1-10(2)7-8-15-9-12-11-5-3-4-6-13(11)16-14(12)17/h3-6,9-10,16-17H,7-8H2,1-2H3. The van der Waals surface area contributed by atoms with Crippen molar-refractivity contribution < 1.29 is 5.11 Å². The lowest BCUT2D eigenvalue weighted by molar-refractivity contribution is 0.457. The zero-order chi connectivity index (χ0) is 12.3. The molecule has 2 N–H and O–H groups in total. The molecule has 0 spiro atoms. The molecule has 1 aromatic carbocycles. The topological polar surface area (TPSA) is 48.4 Å². The SMILES string of the molecule is CC(C)CCN=Cc1c(O)[nH]c2ccccc12. The van der Waals surface area contributed by atoms with Crippen LogP contribution in [0.1, 0.15) is 25.8 Å². The van der Waals surface area contributed by atoms with E-state index in [0.29, 0.717) is 5.92 Å². The Bertz CT molecular complexity index is 526. The van der Waals surface area contributed by atoms with Crippen LogP contribution in [0, 0.1) is 5.92 Å². The van der Waals surface area contributed by atoms with Crippen LogP contribution in [-0.4, -0.2) is 22.8 Å². The molecule has 0 unspecified atom stereocenters. The molecule has 3 nitrogen and oxygen atoms in total. The molecule has 0 radical (unpaired) electrons. The van der Waals surface area contributed by atoms with Crippen molar-refractivity contribution in [2.75, 3.05) is 6.54 Å². The van der Waals surface area contributed by atoms with Crippen LogP contribution in [0.4, 0.5) is 0 Å². The Morgan fingerprint density at radius 1 is 1.35 bits per heavy atom. The largest absolute Gasteiger partial charge is 0.494 e. The molecule has 2 aromatic rings. The van der Waals surface area contributed by atoms with Crippen LogP contribution in [0.15, 0.2) is 29.3 Å². The number of H-pyrrole nitrogens is 1. The average Bonchev–Trinajstić information content (AvgIpc) is 2.60. The van der Waals surface area contributed by atoms with E-state index in [1.54, 1.807) is 6.21 Å². The highest BCUT2D eigenvalue weighted by atomic mass is 16.3. The van der Waals surface area contributed by atoms with Gasteiger partial charge in [-0.1, -0.05) is 32.0 Å². The van der Waals surface area contributed by atoms with E-state index in [1.165, 1.54) is 0 Å². The summed E-state index contributed by atoms with van der Waals surface area (Å²) in [6.45, 7) is 5.16. The minimum atomic E-state index is 0.194. The fourth-order valence-corrected chi connectivity index (χ4v) is 1.77. The molecule has 0 amide bonds. The fraction of sp³-hybridized carbons (Fsp3) is 0.357. The van der Waals surface area contributed by atoms with Crippen molar-refractivity contribution in [2.45, 2.75) is 20.3 Å². The minimum absolute atomic E-state index is 0.194. The quantitative estimate of drug-likeness (QED) is 0.777. The van der Waals surface area contributed by atoms with Crippen LogP contribution in [0.25, 0.3) is 10.9 Å². The molecule has 3 heteroatoms. The van der Waals surface area contributed by atoms with Gasteiger partial charge in [0.2, 0.25) is 0 Å². The monoisotopic (exact) mass is 230 g/mol. The van der Waals surface area contributed by atoms with E-state index in [4.69, 9.17) is 0 Å². The predicted octanol–water partition coefficient (Wildman–Crippen LogP) is 3.34. The average molecular weight is 230 g/mol. The highest BCUT2D eigenvalue weighted by molar-refractivity contribution is 6.01. The number of aromatic nitrogens is 1. The molecule has 0 aliphatic rings. The van der Waals surface area contributed by atoms with Gasteiger partial charge in [0.1, 0.15) is 0 Å². The maximum Gasteiger partial charge on any atom is 0.198 e. The molecule has 0 aliphatic heterocycles. The van der Waals surface area contributed by atoms with Crippen LogP contribution < -0.4 is 0 Å². The van der Waals surface area contributed by atoms with Crippen molar-refractivity contribution in [1.29, 1.82) is 0 Å². The Morgan fingerprint density at radius 3 is 2.88 bits per heavy atom. The molecule has 0 saturated carbocycles. The lowest BCUT2D eigenvalue weighted by Crippen LogP contribution is -1.91. The summed E-state index contributed by atoms with van der Waals surface area (Å²) in [5.74, 6) is 0.850. The van der Waals surface area contributed by atoms with E-state index in [-0.39, 0.29) is 5.88 Å². The lowest BCUT2D eigenvalue weighted by Gasteiger charge is -1.98. The number of rotatable bonds is 4. The molecule has 0 saturated heterocycles. The van der Waals surface area contributed by atoms with Gasteiger partial charge in [-0.2, -0.15) is 0 Å². The fourth-order valence-electron chi connectivity index (χ4n) is 1.77. The van der Waals surface area contributed by atoms with E-state index in [9.17, 15) is 5.11 Å². The van der Waals surface area contributed by atoms with Crippen LogP contribution in [0.5, 0.6) is 5.88 Å². The number of aromatic amines is 1. The Balaban J connectivity index is 2.20. The summed E-state index contributed by atoms with van der Waals surface area (Å²) >= 11 is 0. The molecule has 0 atom stereocenters. The van der Waals surface area contributed by atoms with E-state index in [1.807, 2.05) is 24.3 Å². The first-order valence-corrected chi connectivity index (χ1v) is 5.98. The van der Waals surface area contributed by atoms with Crippen LogP contribution in [0.3, 0.4) is 0 Å². The predicted molar refractivity (Wildman–Crippen MR) is 71.9 cm³/mol. The zero-order valence-corrected chi connectivity index (χ0v) is 10.3. The minimum Gasteiger partial charge on any atom is -0.494 e. The summed E-state index contributed by atoms with van der Waals surface area (Å²) in [6.07, 6.45) is 2.83. The normalized spacial score (nSPS) is 11.9. The highest BCUT2D eigenvalue weighted by Crippen LogP contribution is 2.25. The number of nitrogens with zero attached hydrogens (tertiary/aromatic N) is 1. The second kappa shape index (κ2) is 5.04. The summed E-state index contributed by atoms with van der Waals surface area (Å²) in [5.41, 5.74) is 1.72. The number of para-hydroxylation sites is 1. The lowest BCUT2D eigenvalue weighted by atomic mass is 10.1. The summed E-state index contributed by atoms with van der Waals surface area (Å²) in [7, 11) is 0. The maximum absolute atomic E-state index is 9.80. The van der Waals surface area contributed by atoms with E-state index in [0.717, 1.165) is 29.4 Å². The van der Waals surface area contributed by atoms with E-state index >= 15 is 0 Å². The number of fused-ring (bicyclic) bond motifs is 1. The number of nitrogens with one attached hydrogen (secondary N) is 1. The van der Waals surface area contributed by atoms with Crippen molar-refractivity contribution in [3.63, 3.8) is 0 Å². The van der Waals surface area contributed by atoms with Crippen molar-refractivity contribution in [1.82, 2.24) is 4.98 Å². The first kappa shape index (κ1) is 11.7. The first-order chi connectivity index (χ1) is 8.18. The van der Waals surface area contributed by atoms with Gasteiger partial charge in [-0.3, -0.25) is 4.99 Å². The number of hydrogen-bond acceptors (Lipinski definition) is 2. The Kier molecular flexibility index (Phi) is 3.47. The number of hydrogen-bond donors (Lipinski definition) is 2. The molecule has 0 aliphatic carbocycles. The number of aliphatic imine (C=N–C) groups is 1. The molecule has 1 heterocycles. The van der Waals surface area contributed by atoms with E-state index in [2.05, 4.69) is 23.8 Å². The van der Waals surface area contributed by atoms with Gasteiger partial charge in [0.15, 0.2) is 5.88 Å². The van der Waals surface area contributed by atoms with E-state index < -0.39 is 0 Å². The van der Waals surface area contributed by atoms with Crippen molar-refractivity contribution in [2.24, 2.45) is 10.9 Å². The Morgan fingerprint density at radius 2 is 2.12 bits per heavy atom. The summed E-state index contributed by atoms with van der Waals surface area (Å²) < 4.78 is 0. The maximum atomic E-state index is 9.80. The van der Waals surface area contributed by atoms with Gasteiger partial charge >= 0.3 is 0 Å². The van der Waals surface area contributed by atoms with Gasteiger partial charge in [0.25, 0.3) is 0 Å². The molecular weight excluding hydrogens is 212 g/mol. The van der Waals surface area contributed by atoms with Gasteiger partial charge in [0, 0.05) is 23.7 Å². The van der Waals surface area contributed by atoms with Crippen molar-refractivity contribution >= 4 is 17.1 Å². The first-order valence-electron chi connectivity index (χ1n) is 5.98. The molecule has 90 valence electrons. The summed E-state index contributed by atoms with van der Waals surface area (Å²) in [4.78, 5) is 7.30. The molecule has 17 heavy (non-hydrogen) atoms. The Labute approximate surface area is 101 Å². The molecule has 0 bridgehead atoms. The summed E-state index contributed by atoms with van der Waals surface area (Å²) in [5, 5.41) is 10.8. The second-order valence-corrected chi connectivity index (χ2v) is 4.65. The second-order valence-electron chi connectivity index (χ2n) is 4.65. The van der Waals surface area contributed by atoms with Gasteiger partial charge in [0.05, 0.1) is 5.56 Å². The van der Waals surface area contributed by atoms with Gasteiger partial charge in [-0.25, -0.2) is 0 Å². The van der Waals surface area contributed by atoms with Gasteiger partial charge < -0.3 is 10.1 Å². The smallest absolute Gasteiger partial charge is 0.198 e. The summed E-state index contributed by atoms with van der Waals surface area (Å²) in [6, 6.07) is 7.83. The number of aromatic hydroxyl groups is 1. The Hall–Kier alpha value is -1.77. The third kappa shape index (κ3) is 2.67. The van der Waals surface area contributed by atoms with Gasteiger partial charge in [-0.05, 0) is 18.4 Å². The third-order valence-corrected chi connectivity index (χ3v) is 2.78. The van der Waals surface area contributed by atoms with Crippen LogP contribution in [0.2, 0.25) is 0 Å². The van der Waals surface area contributed by atoms with Crippen LogP contribution in [-0.2, 0) is 0 Å². The third-order valence-electron chi connectivity index (χ3n) is 2.78. The van der Waals surface area contributed by atoms with Gasteiger partial charge in [-0.15, -0.1) is 0 Å². The van der Waals surface area contributed by atoms with Crippen molar-refractivity contribution in [3.05, 3.63) is 29.8 Å².